The lowest BCUT2D eigenvalue weighted by Gasteiger charge is -2.32. The smallest absolute Gasteiger partial charge is 0.130 e. The summed E-state index contributed by atoms with van der Waals surface area (Å²) in [7, 11) is -1.67. The first kappa shape index (κ1) is 10.6. The molecule has 64 valence electrons. The molecule has 0 bridgehead atoms. The molecule has 0 atom stereocenters. The molecule has 2 nitrogen and oxygen atoms in total. The first-order valence-electron chi connectivity index (χ1n) is 3.86. The predicted molar refractivity (Wildman–Crippen MR) is 48.5 cm³/mol. The number of hydrogen-bond donors (Lipinski definition) is 0. The van der Waals surface area contributed by atoms with Gasteiger partial charge in [-0.2, -0.15) is 0 Å². The second-order valence-electron chi connectivity index (χ2n) is 3.76. The summed E-state index contributed by atoms with van der Waals surface area (Å²) in [6, 6.07) is 0.959. The van der Waals surface area contributed by atoms with Crippen LogP contribution in [0.15, 0.2) is 0 Å². The lowest BCUT2D eigenvalue weighted by Crippen LogP contribution is -2.42. The largest absolute Gasteiger partial charge is 0.303 e. The van der Waals surface area contributed by atoms with E-state index in [0.717, 1.165) is 18.6 Å². The second-order valence-corrected chi connectivity index (χ2v) is 9.31. The maximum Gasteiger partial charge on any atom is 0.130 e. The van der Waals surface area contributed by atoms with Crippen LogP contribution in [0.2, 0.25) is 24.2 Å². The van der Waals surface area contributed by atoms with Crippen molar-refractivity contribution in [2.45, 2.75) is 38.0 Å². The van der Waals surface area contributed by atoms with Crippen molar-refractivity contribution >= 4 is 20.6 Å². The Hall–Kier alpha value is -0.443. The minimum absolute atomic E-state index is 0.693. The molecule has 0 aliphatic carbocycles. The molecule has 0 saturated heterocycles. The highest BCUT2D eigenvalue weighted by Crippen LogP contribution is 2.35. The van der Waals surface area contributed by atoms with E-state index in [1.54, 1.807) is 6.92 Å². The summed E-state index contributed by atoms with van der Waals surface area (Å²) < 4.78 is 0. The lowest BCUT2D eigenvalue weighted by molar-refractivity contribution is -0.118. The predicted octanol–water partition coefficient (Wildman–Crippen LogP) is 1.87. The van der Waals surface area contributed by atoms with Crippen molar-refractivity contribution in [2.75, 3.05) is 0 Å². The average Bonchev–Trinajstić information content (AvgIpc) is 2.02. The van der Waals surface area contributed by atoms with E-state index in [9.17, 15) is 9.59 Å². The molecule has 0 radical (unpaired) electrons. The second kappa shape index (κ2) is 3.30. The standard InChI is InChI=1S/C8H16O2Si/c1-5-11(3,4)8(2,6-9)7-10/h6-7H,5H2,1-4H3. The van der Waals surface area contributed by atoms with E-state index >= 15 is 0 Å². The maximum atomic E-state index is 10.7. The highest BCUT2D eigenvalue weighted by molar-refractivity contribution is 6.85. The minimum Gasteiger partial charge on any atom is -0.303 e. The van der Waals surface area contributed by atoms with E-state index in [1.165, 1.54) is 0 Å². The van der Waals surface area contributed by atoms with Gasteiger partial charge in [0.2, 0.25) is 0 Å². The zero-order valence-electron chi connectivity index (χ0n) is 7.68. The van der Waals surface area contributed by atoms with Crippen molar-refractivity contribution in [2.24, 2.45) is 0 Å². The Kier molecular flexibility index (Phi) is 3.17. The zero-order valence-corrected chi connectivity index (χ0v) is 8.68. The molecule has 0 rings (SSSR count). The molecule has 0 aliphatic rings. The molecule has 3 heteroatoms. The topological polar surface area (TPSA) is 34.1 Å². The molecule has 0 aromatic rings. The molecule has 0 spiro atoms. The van der Waals surface area contributed by atoms with Crippen LogP contribution in [0.4, 0.5) is 0 Å². The van der Waals surface area contributed by atoms with E-state index in [2.05, 4.69) is 13.1 Å². The molecular formula is C8H16O2Si. The molecule has 0 heterocycles. The fourth-order valence-electron chi connectivity index (χ4n) is 0.728. The molecule has 0 aliphatic heterocycles. The van der Waals surface area contributed by atoms with Gasteiger partial charge in [-0.15, -0.1) is 0 Å². The third-order valence-electron chi connectivity index (χ3n) is 2.83. The van der Waals surface area contributed by atoms with Crippen molar-refractivity contribution in [1.82, 2.24) is 0 Å². The van der Waals surface area contributed by atoms with E-state index in [-0.39, 0.29) is 0 Å². The fraction of sp³-hybridized carbons (Fsp3) is 0.750. The molecule has 0 unspecified atom stereocenters. The molecular weight excluding hydrogens is 156 g/mol. The van der Waals surface area contributed by atoms with Gasteiger partial charge >= 0.3 is 0 Å². The van der Waals surface area contributed by atoms with E-state index < -0.39 is 13.1 Å². The minimum atomic E-state index is -1.67. The van der Waals surface area contributed by atoms with Crippen LogP contribution in [0.5, 0.6) is 0 Å². The van der Waals surface area contributed by atoms with Crippen molar-refractivity contribution in [1.29, 1.82) is 0 Å². The Morgan fingerprint density at radius 3 is 1.73 bits per heavy atom. The Morgan fingerprint density at radius 1 is 1.27 bits per heavy atom. The quantitative estimate of drug-likeness (QED) is 0.368. The van der Waals surface area contributed by atoms with Gasteiger partial charge in [-0.25, -0.2) is 0 Å². The lowest BCUT2D eigenvalue weighted by atomic mass is 10.2. The van der Waals surface area contributed by atoms with Gasteiger partial charge in [-0.1, -0.05) is 26.1 Å². The molecule has 11 heavy (non-hydrogen) atoms. The van der Waals surface area contributed by atoms with Crippen LogP contribution in [-0.4, -0.2) is 20.6 Å². The summed E-state index contributed by atoms with van der Waals surface area (Å²) in [5.74, 6) is 0. The zero-order chi connectivity index (χ0) is 9.12. The highest BCUT2D eigenvalue weighted by Gasteiger charge is 2.41. The summed E-state index contributed by atoms with van der Waals surface area (Å²) in [4.78, 5) is 21.3. The number of rotatable bonds is 4. The average molecular weight is 172 g/mol. The van der Waals surface area contributed by atoms with Crippen LogP contribution in [0, 0.1) is 0 Å². The molecule has 0 aromatic carbocycles. The van der Waals surface area contributed by atoms with E-state index in [0.29, 0.717) is 0 Å². The number of carbonyl (C=O) groups is 2. The molecule has 0 N–H and O–H groups in total. The molecule has 0 fully saturated rings. The van der Waals surface area contributed by atoms with Crippen LogP contribution in [0.25, 0.3) is 0 Å². The summed E-state index contributed by atoms with van der Waals surface area (Å²) in [5, 5.41) is -0.693. The highest BCUT2D eigenvalue weighted by atomic mass is 28.3. The summed E-state index contributed by atoms with van der Waals surface area (Å²) in [5.41, 5.74) is 0. The van der Waals surface area contributed by atoms with Crippen molar-refractivity contribution in [3.8, 4) is 0 Å². The van der Waals surface area contributed by atoms with Gasteiger partial charge in [-0.3, -0.25) is 0 Å². The Balaban J connectivity index is 4.75. The first-order valence-corrected chi connectivity index (χ1v) is 7.07. The summed E-state index contributed by atoms with van der Waals surface area (Å²) in [6.45, 7) is 7.91. The first-order chi connectivity index (χ1) is 4.93. The molecule has 0 saturated carbocycles. The van der Waals surface area contributed by atoms with Crippen LogP contribution < -0.4 is 0 Å². The van der Waals surface area contributed by atoms with Crippen LogP contribution >= 0.6 is 0 Å². The summed E-state index contributed by atoms with van der Waals surface area (Å²) >= 11 is 0. The van der Waals surface area contributed by atoms with E-state index in [1.807, 2.05) is 6.92 Å². The van der Waals surface area contributed by atoms with Gasteiger partial charge in [0.15, 0.2) is 0 Å². The van der Waals surface area contributed by atoms with Crippen LogP contribution in [0.3, 0.4) is 0 Å². The van der Waals surface area contributed by atoms with Gasteiger partial charge in [0, 0.05) is 0 Å². The fourth-order valence-corrected chi connectivity index (χ4v) is 2.13. The number of carbonyl (C=O) groups excluding carboxylic acids is 2. The van der Waals surface area contributed by atoms with Gasteiger partial charge in [-0.05, 0) is 6.92 Å². The number of aldehydes is 2. The van der Waals surface area contributed by atoms with Crippen LogP contribution in [-0.2, 0) is 9.59 Å². The third kappa shape index (κ3) is 1.77. The van der Waals surface area contributed by atoms with Crippen molar-refractivity contribution < 1.29 is 9.59 Å². The SMILES string of the molecule is CC[Si](C)(C)C(C)(C=O)C=O. The van der Waals surface area contributed by atoms with Crippen LogP contribution in [0.1, 0.15) is 13.8 Å². The van der Waals surface area contributed by atoms with Crippen molar-refractivity contribution in [3.05, 3.63) is 0 Å². The maximum absolute atomic E-state index is 10.7. The number of hydrogen-bond acceptors (Lipinski definition) is 2. The summed E-state index contributed by atoms with van der Waals surface area (Å²) in [6.07, 6.45) is 1.60. The van der Waals surface area contributed by atoms with Crippen molar-refractivity contribution in [3.63, 3.8) is 0 Å². The Morgan fingerprint density at radius 2 is 1.64 bits per heavy atom. The normalized spacial score (nSPS) is 12.7. The van der Waals surface area contributed by atoms with Gasteiger partial charge in [0.25, 0.3) is 0 Å². The third-order valence-corrected chi connectivity index (χ3v) is 7.75. The molecule has 0 aromatic heterocycles. The Bertz CT molecular complexity index is 155. The Labute approximate surface area is 69.0 Å². The van der Waals surface area contributed by atoms with Gasteiger partial charge in [0.05, 0.1) is 13.1 Å². The monoisotopic (exact) mass is 172 g/mol. The molecule has 0 amide bonds. The van der Waals surface area contributed by atoms with Gasteiger partial charge < -0.3 is 9.59 Å². The van der Waals surface area contributed by atoms with E-state index in [4.69, 9.17) is 0 Å². The van der Waals surface area contributed by atoms with Gasteiger partial charge in [0.1, 0.15) is 12.6 Å².